The van der Waals surface area contributed by atoms with Gasteiger partial charge in [0, 0.05) is 46.4 Å². The highest BCUT2D eigenvalue weighted by molar-refractivity contribution is 8.04. The molecule has 4 aliphatic rings. The first kappa shape index (κ1) is 24.4. The third-order valence-electron chi connectivity index (χ3n) is 9.29. The van der Waals surface area contributed by atoms with Crippen LogP contribution in [0.15, 0.2) is 100 Å². The third kappa shape index (κ3) is 4.01. The van der Waals surface area contributed by atoms with Crippen molar-refractivity contribution in [1.29, 1.82) is 0 Å². The average molecular weight is 591 g/mol. The van der Waals surface area contributed by atoms with E-state index in [2.05, 4.69) is 108 Å². The lowest BCUT2D eigenvalue weighted by atomic mass is 9.64. The lowest BCUT2D eigenvalue weighted by Gasteiger charge is -2.42. The monoisotopic (exact) mass is 590 g/mol. The van der Waals surface area contributed by atoms with Crippen molar-refractivity contribution in [2.45, 2.75) is 65.8 Å². The molecule has 2 aliphatic heterocycles. The molecule has 5 aromatic rings. The van der Waals surface area contributed by atoms with Crippen molar-refractivity contribution in [2.75, 3.05) is 0 Å². The van der Waals surface area contributed by atoms with Gasteiger partial charge in [-0.2, -0.15) is 0 Å². The van der Waals surface area contributed by atoms with E-state index in [0.717, 1.165) is 5.25 Å². The molecule has 40 heavy (non-hydrogen) atoms. The van der Waals surface area contributed by atoms with Crippen LogP contribution in [0.25, 0.3) is 20.2 Å². The first-order valence-corrected chi connectivity index (χ1v) is 18.0. The highest BCUT2D eigenvalue weighted by atomic mass is 32.2. The molecule has 0 fully saturated rings. The Morgan fingerprint density at radius 3 is 2.08 bits per heavy atom. The zero-order chi connectivity index (χ0) is 26.2. The van der Waals surface area contributed by atoms with E-state index in [1.807, 2.05) is 22.7 Å². The van der Waals surface area contributed by atoms with Gasteiger partial charge in [-0.15, -0.1) is 46.2 Å². The lowest BCUT2D eigenvalue weighted by Crippen LogP contribution is -2.26. The zero-order valence-corrected chi connectivity index (χ0v) is 25.5. The number of thiophene rings is 2. The van der Waals surface area contributed by atoms with Crippen molar-refractivity contribution in [1.82, 2.24) is 0 Å². The van der Waals surface area contributed by atoms with Gasteiger partial charge in [0.1, 0.15) is 0 Å². The van der Waals surface area contributed by atoms with Gasteiger partial charge in [0.15, 0.2) is 0 Å². The van der Waals surface area contributed by atoms with Crippen LogP contribution in [-0.4, -0.2) is 10.5 Å². The molecule has 0 radical (unpaired) electrons. The molecule has 0 amide bonds. The fourth-order valence-corrected chi connectivity index (χ4v) is 12.6. The number of hydrogen-bond acceptors (Lipinski definition) is 4. The van der Waals surface area contributed by atoms with E-state index in [-0.39, 0.29) is 0 Å². The molecule has 4 unspecified atom stereocenters. The summed E-state index contributed by atoms with van der Waals surface area (Å²) >= 11 is 8.38. The molecule has 4 heteroatoms. The van der Waals surface area contributed by atoms with Gasteiger partial charge in [-0.25, -0.2) is 0 Å². The van der Waals surface area contributed by atoms with E-state index >= 15 is 0 Å². The number of benzene rings is 3. The molecule has 4 atom stereocenters. The van der Waals surface area contributed by atoms with Gasteiger partial charge < -0.3 is 0 Å². The largest absolute Gasteiger partial charge is 0.140 e. The molecule has 2 aliphatic carbocycles. The first-order valence-electron chi connectivity index (χ1n) is 14.6. The topological polar surface area (TPSA) is 0 Å². The van der Waals surface area contributed by atoms with Crippen LogP contribution in [0.4, 0.5) is 0 Å². The molecule has 0 N–H and O–H groups in total. The predicted molar refractivity (Wildman–Crippen MR) is 178 cm³/mol. The molecule has 0 bridgehead atoms. The summed E-state index contributed by atoms with van der Waals surface area (Å²) in [5.74, 6) is 1.23. The lowest BCUT2D eigenvalue weighted by molar-refractivity contribution is 0.606. The van der Waals surface area contributed by atoms with E-state index in [1.165, 1.54) is 58.7 Å². The van der Waals surface area contributed by atoms with Gasteiger partial charge in [-0.1, -0.05) is 60.7 Å². The van der Waals surface area contributed by atoms with E-state index in [9.17, 15) is 0 Å². The van der Waals surface area contributed by atoms with Crippen molar-refractivity contribution in [3.63, 3.8) is 0 Å². The second-order valence-corrected chi connectivity index (χ2v) is 16.8. The predicted octanol–water partition coefficient (Wildman–Crippen LogP) is 10.9. The summed E-state index contributed by atoms with van der Waals surface area (Å²) < 4.78 is 2.86. The smallest absolute Gasteiger partial charge is 0.0345 e. The molecule has 9 rings (SSSR count). The maximum Gasteiger partial charge on any atom is 0.0345 e. The molecular formula is C36H30S4. The summed E-state index contributed by atoms with van der Waals surface area (Å²) in [6, 6.07) is 27.5. The molecular weight excluding hydrogens is 561 g/mol. The van der Waals surface area contributed by atoms with Crippen molar-refractivity contribution >= 4 is 66.4 Å². The van der Waals surface area contributed by atoms with Crippen LogP contribution in [0.3, 0.4) is 0 Å². The average Bonchev–Trinajstić information content (AvgIpc) is 3.75. The third-order valence-corrected chi connectivity index (χ3v) is 14.6. The SMILES string of the molecule is C1=CC2c3c(ccc4c3SC(CCc3cc5ccccc5s3)C4)C2C2=C1CC(CCc1cc3ccccc3s1)S2. The molecule has 4 heterocycles. The minimum absolute atomic E-state index is 0.603. The molecule has 0 saturated carbocycles. The summed E-state index contributed by atoms with van der Waals surface area (Å²) in [6.45, 7) is 0. The van der Waals surface area contributed by atoms with Gasteiger partial charge in [-0.05, 0) is 101 Å². The minimum atomic E-state index is 0.603. The molecule has 0 nitrogen and oxygen atoms in total. The summed E-state index contributed by atoms with van der Waals surface area (Å²) in [5.41, 5.74) is 6.55. The second kappa shape index (κ2) is 9.66. The number of fused-ring (bicyclic) bond motifs is 9. The Labute approximate surface area is 252 Å². The first-order chi connectivity index (χ1) is 19.8. The van der Waals surface area contributed by atoms with E-state index < -0.39 is 0 Å². The fraction of sp³-hybridized carbons (Fsp3) is 0.278. The Hall–Kier alpha value is -2.24. The van der Waals surface area contributed by atoms with Gasteiger partial charge >= 0.3 is 0 Å². The minimum Gasteiger partial charge on any atom is -0.140 e. The standard InChI is InChI=1S/C36H30S4/c1-3-7-31-21(5-1)17-25(37-31)11-13-27-19-23-9-15-29-33(35(23)39-27)30-16-10-24-20-28(40-36(24)34(29)30)14-12-26-18-22-6-2-4-8-32(22)38-26/h1-10,15-18,27-29,33H,11-14,19-20H2. The van der Waals surface area contributed by atoms with E-state index in [1.54, 1.807) is 41.8 Å². The second-order valence-electron chi connectivity index (χ2n) is 11.8. The van der Waals surface area contributed by atoms with Crippen molar-refractivity contribution in [3.05, 3.63) is 122 Å². The van der Waals surface area contributed by atoms with Crippen LogP contribution in [0, 0.1) is 0 Å². The van der Waals surface area contributed by atoms with Crippen molar-refractivity contribution < 1.29 is 0 Å². The zero-order valence-electron chi connectivity index (χ0n) is 22.3. The maximum absolute atomic E-state index is 2.56. The number of hydrogen-bond donors (Lipinski definition) is 0. The Morgan fingerprint density at radius 2 is 1.38 bits per heavy atom. The molecule has 0 spiro atoms. The number of allylic oxidation sites excluding steroid dienone is 4. The van der Waals surface area contributed by atoms with Crippen LogP contribution in [0.5, 0.6) is 0 Å². The Kier molecular flexibility index (Phi) is 5.88. The van der Waals surface area contributed by atoms with Crippen LogP contribution in [0.2, 0.25) is 0 Å². The number of thioether (sulfide) groups is 2. The van der Waals surface area contributed by atoms with Crippen molar-refractivity contribution in [3.8, 4) is 0 Å². The van der Waals surface area contributed by atoms with Gasteiger partial charge in [0.2, 0.25) is 0 Å². The highest BCUT2D eigenvalue weighted by Gasteiger charge is 2.47. The molecule has 198 valence electrons. The van der Waals surface area contributed by atoms with Gasteiger partial charge in [0.05, 0.1) is 0 Å². The summed E-state index contributed by atoms with van der Waals surface area (Å²) in [7, 11) is 0. The molecule has 3 aromatic carbocycles. The van der Waals surface area contributed by atoms with Crippen LogP contribution < -0.4 is 0 Å². The van der Waals surface area contributed by atoms with Crippen LogP contribution in [-0.2, 0) is 19.3 Å². The van der Waals surface area contributed by atoms with Gasteiger partial charge in [-0.3, -0.25) is 0 Å². The summed E-state index contributed by atoms with van der Waals surface area (Å²) in [4.78, 5) is 6.42. The summed E-state index contributed by atoms with van der Waals surface area (Å²) in [5, 5.41) is 4.25. The van der Waals surface area contributed by atoms with Crippen LogP contribution >= 0.6 is 46.2 Å². The fourth-order valence-electron chi connectivity index (χ4n) is 7.34. The number of rotatable bonds is 6. The normalized spacial score (nSPS) is 24.3. The Morgan fingerprint density at radius 1 is 0.700 bits per heavy atom. The van der Waals surface area contributed by atoms with Gasteiger partial charge in [0.25, 0.3) is 0 Å². The van der Waals surface area contributed by atoms with E-state index in [4.69, 9.17) is 0 Å². The maximum atomic E-state index is 2.56. The van der Waals surface area contributed by atoms with E-state index in [0.29, 0.717) is 17.1 Å². The van der Waals surface area contributed by atoms with Crippen molar-refractivity contribution in [2.24, 2.45) is 0 Å². The Bertz CT molecular complexity index is 1780. The van der Waals surface area contributed by atoms with Crippen LogP contribution in [0.1, 0.15) is 57.5 Å². The Balaban J connectivity index is 0.876. The molecule has 0 saturated heterocycles. The number of aryl methyl sites for hydroxylation is 2. The molecule has 2 aromatic heterocycles. The summed E-state index contributed by atoms with van der Waals surface area (Å²) in [6.07, 6.45) is 12.5. The highest BCUT2D eigenvalue weighted by Crippen LogP contribution is 2.64. The quantitative estimate of drug-likeness (QED) is 0.193.